The number of nitrogens with zero attached hydrogens (tertiary/aromatic N) is 7. The zero-order valence-corrected chi connectivity index (χ0v) is 25.0. The number of benzene rings is 1. The van der Waals surface area contributed by atoms with Crippen LogP contribution in [0.3, 0.4) is 0 Å². The first kappa shape index (κ1) is 29.2. The van der Waals surface area contributed by atoms with E-state index < -0.39 is 5.91 Å². The number of carbonyl (C=O) groups is 2. The molecule has 0 aliphatic carbocycles. The van der Waals surface area contributed by atoms with Crippen LogP contribution in [0.15, 0.2) is 48.8 Å². The van der Waals surface area contributed by atoms with Crippen molar-refractivity contribution in [3.8, 4) is 0 Å². The van der Waals surface area contributed by atoms with Crippen LogP contribution < -0.4 is 25.8 Å². The van der Waals surface area contributed by atoms with Gasteiger partial charge in [0.1, 0.15) is 11.6 Å². The van der Waals surface area contributed by atoms with E-state index in [1.807, 2.05) is 61.6 Å². The Morgan fingerprint density at radius 3 is 2.38 bits per heavy atom. The summed E-state index contributed by atoms with van der Waals surface area (Å²) in [6.07, 6.45) is 5.77. The number of hydrogen-bond acceptors (Lipinski definition) is 10. The number of aromatic nitrogens is 3. The molecule has 2 saturated heterocycles. The Hall–Kier alpha value is -4.25. The average Bonchev–Trinajstić information content (AvgIpc) is 2.99. The molecule has 42 heavy (non-hydrogen) atoms. The van der Waals surface area contributed by atoms with Gasteiger partial charge in [0.2, 0.25) is 0 Å². The molecule has 0 spiro atoms. The van der Waals surface area contributed by atoms with Gasteiger partial charge >= 0.3 is 0 Å². The minimum Gasteiger partial charge on any atom is -0.378 e. The fourth-order valence-corrected chi connectivity index (χ4v) is 5.74. The van der Waals surface area contributed by atoms with Gasteiger partial charge in [0, 0.05) is 70.5 Å². The van der Waals surface area contributed by atoms with E-state index in [1.165, 1.54) is 0 Å². The monoisotopic (exact) mass is 571 g/mol. The van der Waals surface area contributed by atoms with Crippen molar-refractivity contribution in [2.45, 2.75) is 32.2 Å². The van der Waals surface area contributed by atoms with Gasteiger partial charge in [-0.05, 0) is 69.1 Å². The molecule has 5 rings (SSSR count). The standard InChI is InChI=1S/C31H41N9O2/c1-21-23(18-26(41)22-7-9-24(10-8-22)37(2)3)6-5-13-40(21)28-20-34-29(30(32)42)31(36-28)35-27-12-11-25(19-33-27)39-16-14-38(4)15-17-39/h7-12,19-21,23H,5-6,13-18H2,1-4H3,(H2,32,42)(H,33,35,36)/t21-,23+/m1/s1. The highest BCUT2D eigenvalue weighted by molar-refractivity contribution is 5.97. The van der Waals surface area contributed by atoms with E-state index in [4.69, 9.17) is 10.7 Å². The maximum atomic E-state index is 13.2. The third-order valence-electron chi connectivity index (χ3n) is 8.45. The fourth-order valence-electron chi connectivity index (χ4n) is 5.74. The number of nitrogens with two attached hydrogens (primary N) is 1. The van der Waals surface area contributed by atoms with Crippen LogP contribution in [0.5, 0.6) is 0 Å². The molecule has 2 aliphatic rings. The van der Waals surface area contributed by atoms with Crippen molar-refractivity contribution < 1.29 is 9.59 Å². The number of carbonyl (C=O) groups excluding carboxylic acids is 2. The number of Topliss-reactive ketones (excluding diaryl/α,β-unsaturated/α-hetero) is 1. The maximum Gasteiger partial charge on any atom is 0.271 e. The number of piperazine rings is 1. The Labute approximate surface area is 247 Å². The topological polar surface area (TPSA) is 124 Å². The Kier molecular flexibility index (Phi) is 8.86. The van der Waals surface area contributed by atoms with Crippen molar-refractivity contribution in [2.24, 2.45) is 11.7 Å². The molecule has 0 bridgehead atoms. The molecule has 11 nitrogen and oxygen atoms in total. The summed E-state index contributed by atoms with van der Waals surface area (Å²) in [4.78, 5) is 47.9. The second kappa shape index (κ2) is 12.7. The summed E-state index contributed by atoms with van der Waals surface area (Å²) in [6.45, 7) is 6.84. The van der Waals surface area contributed by atoms with Gasteiger partial charge in [0.25, 0.3) is 5.91 Å². The molecule has 2 atom stereocenters. The number of nitrogens with one attached hydrogen (secondary N) is 1. The summed E-state index contributed by atoms with van der Waals surface area (Å²) in [5.74, 6) is 1.10. The van der Waals surface area contributed by atoms with Crippen LogP contribution >= 0.6 is 0 Å². The maximum absolute atomic E-state index is 13.2. The lowest BCUT2D eigenvalue weighted by atomic mass is 9.85. The summed E-state index contributed by atoms with van der Waals surface area (Å²) in [7, 11) is 6.09. The Morgan fingerprint density at radius 2 is 1.74 bits per heavy atom. The second-order valence-corrected chi connectivity index (χ2v) is 11.5. The lowest BCUT2D eigenvalue weighted by molar-refractivity contribution is 0.0944. The average molecular weight is 572 g/mol. The third-order valence-corrected chi connectivity index (χ3v) is 8.45. The number of hydrogen-bond donors (Lipinski definition) is 2. The van der Waals surface area contributed by atoms with Crippen LogP contribution in [0.2, 0.25) is 0 Å². The highest BCUT2D eigenvalue weighted by atomic mass is 16.1. The number of pyridine rings is 1. The summed E-state index contributed by atoms with van der Waals surface area (Å²) >= 11 is 0. The van der Waals surface area contributed by atoms with Crippen LogP contribution in [0, 0.1) is 5.92 Å². The Balaban J connectivity index is 1.30. The number of rotatable bonds is 9. The lowest BCUT2D eigenvalue weighted by Gasteiger charge is -2.40. The highest BCUT2D eigenvalue weighted by Gasteiger charge is 2.31. The zero-order valence-electron chi connectivity index (χ0n) is 25.0. The summed E-state index contributed by atoms with van der Waals surface area (Å²) in [5, 5.41) is 3.17. The normalized spacial score (nSPS) is 19.4. The van der Waals surface area contributed by atoms with E-state index in [0.29, 0.717) is 18.1 Å². The lowest BCUT2D eigenvalue weighted by Crippen LogP contribution is -2.44. The van der Waals surface area contributed by atoms with E-state index in [1.54, 1.807) is 6.20 Å². The SMILES string of the molecule is C[C@@H]1[C@H](CC(=O)c2ccc(N(C)C)cc2)CCCN1c1cnc(C(N)=O)c(Nc2ccc(N3CCN(C)CC3)cn2)n1. The predicted molar refractivity (Wildman–Crippen MR) is 167 cm³/mol. The molecule has 0 radical (unpaired) electrons. The molecule has 1 amide bonds. The van der Waals surface area contributed by atoms with Gasteiger partial charge < -0.3 is 30.7 Å². The molecular formula is C31H41N9O2. The number of anilines is 5. The second-order valence-electron chi connectivity index (χ2n) is 11.5. The Bertz CT molecular complexity index is 1390. The molecule has 2 fully saturated rings. The largest absolute Gasteiger partial charge is 0.378 e. The first-order chi connectivity index (χ1) is 20.2. The molecule has 2 aliphatic heterocycles. The van der Waals surface area contributed by atoms with Crippen LogP contribution in [0.25, 0.3) is 0 Å². The van der Waals surface area contributed by atoms with Crippen molar-refractivity contribution in [1.29, 1.82) is 0 Å². The molecule has 0 unspecified atom stereocenters. The van der Waals surface area contributed by atoms with E-state index >= 15 is 0 Å². The van der Waals surface area contributed by atoms with Crippen molar-refractivity contribution in [3.63, 3.8) is 0 Å². The third kappa shape index (κ3) is 6.62. The summed E-state index contributed by atoms with van der Waals surface area (Å²) in [6, 6.07) is 11.7. The van der Waals surface area contributed by atoms with Crippen LogP contribution in [-0.4, -0.2) is 91.5 Å². The van der Waals surface area contributed by atoms with Gasteiger partial charge in [-0.25, -0.2) is 15.0 Å². The molecule has 4 heterocycles. The van der Waals surface area contributed by atoms with Gasteiger partial charge in [-0.15, -0.1) is 0 Å². The molecule has 0 saturated carbocycles. The van der Waals surface area contributed by atoms with Gasteiger partial charge in [-0.1, -0.05) is 0 Å². The van der Waals surface area contributed by atoms with E-state index in [-0.39, 0.29) is 29.3 Å². The number of likely N-dealkylation sites (N-methyl/N-ethyl adjacent to an activating group) is 1. The van der Waals surface area contributed by atoms with Crippen molar-refractivity contribution in [1.82, 2.24) is 19.9 Å². The fraction of sp³-hybridized carbons (Fsp3) is 0.452. The van der Waals surface area contributed by atoms with Crippen molar-refractivity contribution in [3.05, 3.63) is 60.0 Å². The first-order valence-corrected chi connectivity index (χ1v) is 14.6. The van der Waals surface area contributed by atoms with Gasteiger partial charge in [-0.2, -0.15) is 0 Å². The summed E-state index contributed by atoms with van der Waals surface area (Å²) in [5.41, 5.74) is 8.55. The minimum absolute atomic E-state index is 0.0567. The van der Waals surface area contributed by atoms with Crippen molar-refractivity contribution in [2.75, 3.05) is 73.9 Å². The quantitative estimate of drug-likeness (QED) is 0.369. The molecule has 3 aromatic rings. The number of ketones is 1. The number of piperidine rings is 1. The van der Waals surface area contributed by atoms with Gasteiger partial charge in [0.15, 0.2) is 17.3 Å². The number of primary amides is 1. The smallest absolute Gasteiger partial charge is 0.271 e. The zero-order chi connectivity index (χ0) is 29.8. The highest BCUT2D eigenvalue weighted by Crippen LogP contribution is 2.32. The van der Waals surface area contributed by atoms with Crippen LogP contribution in [-0.2, 0) is 0 Å². The van der Waals surface area contributed by atoms with Crippen LogP contribution in [0.4, 0.5) is 28.8 Å². The molecular weight excluding hydrogens is 530 g/mol. The Morgan fingerprint density at radius 1 is 1.00 bits per heavy atom. The number of amides is 1. The predicted octanol–water partition coefficient (Wildman–Crippen LogP) is 3.41. The van der Waals surface area contributed by atoms with Gasteiger partial charge in [0.05, 0.1) is 18.1 Å². The van der Waals surface area contributed by atoms with Crippen LogP contribution in [0.1, 0.15) is 47.0 Å². The molecule has 2 aromatic heterocycles. The van der Waals surface area contributed by atoms with Gasteiger partial charge in [-0.3, -0.25) is 9.59 Å². The molecule has 11 heteroatoms. The minimum atomic E-state index is -0.666. The van der Waals surface area contributed by atoms with E-state index in [9.17, 15) is 9.59 Å². The molecule has 3 N–H and O–H groups in total. The summed E-state index contributed by atoms with van der Waals surface area (Å²) < 4.78 is 0. The van der Waals surface area contributed by atoms with Crippen molar-refractivity contribution >= 4 is 40.5 Å². The molecule has 1 aromatic carbocycles. The first-order valence-electron chi connectivity index (χ1n) is 14.6. The molecule has 222 valence electrons. The van der Waals surface area contributed by atoms with E-state index in [0.717, 1.165) is 62.5 Å². The van der Waals surface area contributed by atoms with E-state index in [2.05, 4.69) is 44.0 Å².